The summed E-state index contributed by atoms with van der Waals surface area (Å²) in [6.07, 6.45) is 0. The van der Waals surface area contributed by atoms with Crippen LogP contribution in [0.2, 0.25) is 0 Å². The SMILES string of the molecule is CCn1c(=O)c2cc(C(=O)Nc3cccc(OC)c3)sc2c2ccccc21. The lowest BCUT2D eigenvalue weighted by Crippen LogP contribution is -2.19. The maximum Gasteiger partial charge on any atom is 0.265 e. The van der Waals surface area contributed by atoms with Crippen LogP contribution in [-0.4, -0.2) is 17.6 Å². The molecule has 0 unspecified atom stereocenters. The molecule has 5 nitrogen and oxygen atoms in total. The summed E-state index contributed by atoms with van der Waals surface area (Å²) in [4.78, 5) is 26.1. The first-order chi connectivity index (χ1) is 13.1. The van der Waals surface area contributed by atoms with Crippen molar-refractivity contribution in [2.45, 2.75) is 13.5 Å². The number of nitrogens with one attached hydrogen (secondary N) is 1. The van der Waals surface area contributed by atoms with Crippen molar-refractivity contribution >= 4 is 43.9 Å². The first-order valence-corrected chi connectivity index (χ1v) is 9.44. The molecular weight excluding hydrogens is 360 g/mol. The lowest BCUT2D eigenvalue weighted by Gasteiger charge is -2.08. The predicted octanol–water partition coefficient (Wildman–Crippen LogP) is 4.50. The second-order valence-electron chi connectivity index (χ2n) is 6.11. The van der Waals surface area contributed by atoms with E-state index in [0.717, 1.165) is 15.6 Å². The van der Waals surface area contributed by atoms with Gasteiger partial charge < -0.3 is 14.6 Å². The molecule has 2 heterocycles. The van der Waals surface area contributed by atoms with Crippen LogP contribution in [0.25, 0.3) is 21.0 Å². The number of para-hydroxylation sites is 1. The van der Waals surface area contributed by atoms with E-state index in [2.05, 4.69) is 5.32 Å². The van der Waals surface area contributed by atoms with E-state index in [1.54, 1.807) is 29.9 Å². The van der Waals surface area contributed by atoms with Crippen LogP contribution < -0.4 is 15.6 Å². The number of anilines is 1. The van der Waals surface area contributed by atoms with Crippen molar-refractivity contribution in [1.82, 2.24) is 4.57 Å². The number of hydrogen-bond acceptors (Lipinski definition) is 4. The standard InChI is InChI=1S/C21H18N2O3S/c1-3-23-17-10-5-4-9-15(17)19-16(21(23)25)12-18(27-19)20(24)22-13-7-6-8-14(11-13)26-2/h4-12H,3H2,1-2H3,(H,22,24). The zero-order valence-electron chi connectivity index (χ0n) is 15.0. The van der Waals surface area contributed by atoms with E-state index in [0.29, 0.717) is 28.2 Å². The number of thiophene rings is 1. The number of methoxy groups -OCH3 is 1. The fourth-order valence-corrected chi connectivity index (χ4v) is 4.30. The number of ether oxygens (including phenoxy) is 1. The second-order valence-corrected chi connectivity index (χ2v) is 7.16. The predicted molar refractivity (Wildman–Crippen MR) is 110 cm³/mol. The molecule has 136 valence electrons. The second kappa shape index (κ2) is 6.89. The van der Waals surface area contributed by atoms with Gasteiger partial charge in [0.1, 0.15) is 5.75 Å². The average Bonchev–Trinajstić information content (AvgIpc) is 3.15. The Bertz CT molecular complexity index is 1220. The number of amides is 1. The Hall–Kier alpha value is -3.12. The molecule has 0 saturated heterocycles. The minimum Gasteiger partial charge on any atom is -0.497 e. The largest absolute Gasteiger partial charge is 0.497 e. The van der Waals surface area contributed by atoms with Crippen LogP contribution in [0.3, 0.4) is 0 Å². The summed E-state index contributed by atoms with van der Waals surface area (Å²) in [5, 5.41) is 4.44. The van der Waals surface area contributed by atoms with Gasteiger partial charge in [-0.05, 0) is 31.2 Å². The topological polar surface area (TPSA) is 60.3 Å². The van der Waals surface area contributed by atoms with Crippen LogP contribution in [0.5, 0.6) is 5.75 Å². The van der Waals surface area contributed by atoms with Crippen LogP contribution in [0.1, 0.15) is 16.6 Å². The Morgan fingerprint density at radius 3 is 2.70 bits per heavy atom. The van der Waals surface area contributed by atoms with E-state index in [9.17, 15) is 9.59 Å². The molecule has 6 heteroatoms. The average molecular weight is 378 g/mol. The lowest BCUT2D eigenvalue weighted by atomic mass is 10.1. The van der Waals surface area contributed by atoms with Crippen LogP contribution in [0, 0.1) is 0 Å². The highest BCUT2D eigenvalue weighted by Gasteiger charge is 2.17. The van der Waals surface area contributed by atoms with Crippen molar-refractivity contribution in [3.8, 4) is 5.75 Å². The summed E-state index contributed by atoms with van der Waals surface area (Å²) in [6.45, 7) is 2.53. The number of carbonyl (C=O) groups excluding carboxylic acids is 1. The number of benzene rings is 2. The van der Waals surface area contributed by atoms with Crippen molar-refractivity contribution in [1.29, 1.82) is 0 Å². The maximum atomic E-state index is 12.9. The highest BCUT2D eigenvalue weighted by Crippen LogP contribution is 2.31. The van der Waals surface area contributed by atoms with Crippen molar-refractivity contribution in [2.75, 3.05) is 12.4 Å². The van der Waals surface area contributed by atoms with E-state index >= 15 is 0 Å². The fourth-order valence-electron chi connectivity index (χ4n) is 3.23. The smallest absolute Gasteiger partial charge is 0.265 e. The fraction of sp³-hybridized carbons (Fsp3) is 0.143. The van der Waals surface area contributed by atoms with Gasteiger partial charge in [0.25, 0.3) is 11.5 Å². The van der Waals surface area contributed by atoms with Gasteiger partial charge in [-0.2, -0.15) is 0 Å². The number of nitrogens with zero attached hydrogens (tertiary/aromatic N) is 1. The van der Waals surface area contributed by atoms with E-state index in [-0.39, 0.29) is 11.5 Å². The molecular formula is C21H18N2O3S. The van der Waals surface area contributed by atoms with Gasteiger partial charge in [-0.3, -0.25) is 9.59 Å². The first-order valence-electron chi connectivity index (χ1n) is 8.63. The molecule has 0 spiro atoms. The molecule has 2 aromatic carbocycles. The Labute approximate surface area is 159 Å². The van der Waals surface area contributed by atoms with Crippen LogP contribution >= 0.6 is 11.3 Å². The number of carbonyl (C=O) groups is 1. The number of aromatic nitrogens is 1. The van der Waals surface area contributed by atoms with Gasteiger partial charge in [-0.25, -0.2) is 0 Å². The van der Waals surface area contributed by atoms with Gasteiger partial charge in [-0.15, -0.1) is 11.3 Å². The molecule has 0 aliphatic heterocycles. The maximum absolute atomic E-state index is 12.9. The zero-order valence-corrected chi connectivity index (χ0v) is 15.8. The molecule has 1 amide bonds. The van der Waals surface area contributed by atoms with E-state index in [1.807, 2.05) is 43.3 Å². The number of rotatable bonds is 4. The molecule has 0 fully saturated rings. The summed E-state index contributed by atoms with van der Waals surface area (Å²) >= 11 is 1.34. The Balaban J connectivity index is 1.81. The summed E-state index contributed by atoms with van der Waals surface area (Å²) in [5.41, 5.74) is 1.47. The summed E-state index contributed by atoms with van der Waals surface area (Å²) in [5.74, 6) is 0.428. The zero-order chi connectivity index (χ0) is 19.0. The molecule has 0 atom stereocenters. The lowest BCUT2D eigenvalue weighted by molar-refractivity contribution is 0.103. The third kappa shape index (κ3) is 2.98. The van der Waals surface area contributed by atoms with Crippen molar-refractivity contribution < 1.29 is 9.53 Å². The summed E-state index contributed by atoms with van der Waals surface area (Å²) < 4.78 is 7.77. The molecule has 0 radical (unpaired) electrons. The highest BCUT2D eigenvalue weighted by molar-refractivity contribution is 7.21. The minimum atomic E-state index is -0.240. The Morgan fingerprint density at radius 1 is 1.11 bits per heavy atom. The molecule has 1 N–H and O–H groups in total. The normalized spacial score (nSPS) is 11.0. The third-order valence-corrected chi connectivity index (χ3v) is 5.68. The van der Waals surface area contributed by atoms with E-state index in [4.69, 9.17) is 4.74 Å². The number of pyridine rings is 1. The van der Waals surface area contributed by atoms with Crippen LogP contribution in [-0.2, 0) is 6.54 Å². The molecule has 0 saturated carbocycles. The quantitative estimate of drug-likeness (QED) is 0.569. The first kappa shape index (κ1) is 17.3. The Kier molecular flexibility index (Phi) is 4.41. The summed E-state index contributed by atoms with van der Waals surface area (Å²) in [6, 6.07) is 16.7. The highest BCUT2D eigenvalue weighted by atomic mass is 32.1. The minimum absolute atomic E-state index is 0.0668. The number of hydrogen-bond donors (Lipinski definition) is 1. The Morgan fingerprint density at radius 2 is 1.93 bits per heavy atom. The van der Waals surface area contributed by atoms with Gasteiger partial charge in [0, 0.05) is 28.4 Å². The number of fused-ring (bicyclic) bond motifs is 3. The van der Waals surface area contributed by atoms with Crippen molar-refractivity contribution in [3.63, 3.8) is 0 Å². The van der Waals surface area contributed by atoms with Gasteiger partial charge in [-0.1, -0.05) is 24.3 Å². The molecule has 0 bridgehead atoms. The van der Waals surface area contributed by atoms with E-state index < -0.39 is 0 Å². The third-order valence-electron chi connectivity index (χ3n) is 4.51. The molecule has 27 heavy (non-hydrogen) atoms. The molecule has 4 rings (SSSR count). The van der Waals surface area contributed by atoms with E-state index in [1.165, 1.54) is 11.3 Å². The van der Waals surface area contributed by atoms with Gasteiger partial charge in [0.15, 0.2) is 0 Å². The van der Waals surface area contributed by atoms with Gasteiger partial charge in [0.2, 0.25) is 0 Å². The van der Waals surface area contributed by atoms with Crippen LogP contribution in [0.4, 0.5) is 5.69 Å². The molecule has 0 aliphatic carbocycles. The monoisotopic (exact) mass is 378 g/mol. The molecule has 0 aliphatic rings. The molecule has 4 aromatic rings. The van der Waals surface area contributed by atoms with Crippen LogP contribution in [0.15, 0.2) is 59.4 Å². The number of aryl methyl sites for hydroxylation is 1. The van der Waals surface area contributed by atoms with Crippen molar-refractivity contribution in [2.24, 2.45) is 0 Å². The van der Waals surface area contributed by atoms with Gasteiger partial charge in [0.05, 0.1) is 22.9 Å². The van der Waals surface area contributed by atoms with Crippen molar-refractivity contribution in [3.05, 3.63) is 69.8 Å². The summed E-state index contributed by atoms with van der Waals surface area (Å²) in [7, 11) is 1.58. The van der Waals surface area contributed by atoms with Gasteiger partial charge >= 0.3 is 0 Å². The molecule has 2 aromatic heterocycles.